The van der Waals surface area contributed by atoms with Gasteiger partial charge in [-0.25, -0.2) is 0 Å². The first-order chi connectivity index (χ1) is 8.20. The number of unbranched alkanes of at least 4 members (excludes halogenated alkanes) is 1. The highest BCUT2D eigenvalue weighted by atomic mass is 16.2. The molecule has 0 aromatic carbocycles. The molecule has 1 heterocycles. The third kappa shape index (κ3) is 3.56. The fourth-order valence-corrected chi connectivity index (χ4v) is 1.57. The van der Waals surface area contributed by atoms with Gasteiger partial charge in [-0.2, -0.15) is 5.26 Å². The summed E-state index contributed by atoms with van der Waals surface area (Å²) in [6.45, 7) is 2.04. The summed E-state index contributed by atoms with van der Waals surface area (Å²) in [7, 11) is 1.67. The zero-order valence-electron chi connectivity index (χ0n) is 10.3. The fraction of sp³-hybridized carbons (Fsp3) is 0.462. The second-order valence-electron chi connectivity index (χ2n) is 3.93. The number of aromatic nitrogens is 1. The minimum atomic E-state index is -0.548. The SMILES string of the molecule is CCCCC(=O)N(C)C(C#N)c1cccnc1. The molecule has 1 unspecified atom stereocenters. The molecule has 4 nitrogen and oxygen atoms in total. The van der Waals surface area contributed by atoms with Gasteiger partial charge in [-0.05, 0) is 12.5 Å². The van der Waals surface area contributed by atoms with E-state index in [0.29, 0.717) is 6.42 Å². The Balaban J connectivity index is 2.75. The van der Waals surface area contributed by atoms with Crippen molar-refractivity contribution in [2.24, 2.45) is 0 Å². The third-order valence-electron chi connectivity index (χ3n) is 2.65. The second-order valence-corrected chi connectivity index (χ2v) is 3.93. The molecule has 0 spiro atoms. The fourth-order valence-electron chi connectivity index (χ4n) is 1.57. The summed E-state index contributed by atoms with van der Waals surface area (Å²) in [6.07, 6.45) is 5.60. The summed E-state index contributed by atoms with van der Waals surface area (Å²) in [5, 5.41) is 9.15. The van der Waals surface area contributed by atoms with Gasteiger partial charge in [0.15, 0.2) is 0 Å². The standard InChI is InChI=1S/C13H17N3O/c1-3-4-7-13(17)16(2)12(9-14)11-6-5-8-15-10-11/h5-6,8,10,12H,3-4,7H2,1-2H3. The number of rotatable bonds is 5. The average molecular weight is 231 g/mol. The number of hydrogen-bond donors (Lipinski definition) is 0. The van der Waals surface area contributed by atoms with Crippen LogP contribution in [0.3, 0.4) is 0 Å². The molecule has 4 heteroatoms. The molecule has 17 heavy (non-hydrogen) atoms. The van der Waals surface area contributed by atoms with Crippen LogP contribution in [0.1, 0.15) is 37.8 Å². The molecule has 0 aliphatic carbocycles. The van der Waals surface area contributed by atoms with E-state index in [9.17, 15) is 4.79 Å². The van der Waals surface area contributed by atoms with Crippen LogP contribution in [0, 0.1) is 11.3 Å². The zero-order valence-corrected chi connectivity index (χ0v) is 10.3. The van der Waals surface area contributed by atoms with Gasteiger partial charge in [0.25, 0.3) is 0 Å². The van der Waals surface area contributed by atoms with Gasteiger partial charge in [-0.1, -0.05) is 19.4 Å². The largest absolute Gasteiger partial charge is 0.326 e. The van der Waals surface area contributed by atoms with E-state index in [1.54, 1.807) is 25.5 Å². The van der Waals surface area contributed by atoms with Crippen molar-refractivity contribution in [3.63, 3.8) is 0 Å². The highest BCUT2D eigenvalue weighted by Crippen LogP contribution is 2.18. The highest BCUT2D eigenvalue weighted by Gasteiger charge is 2.20. The topological polar surface area (TPSA) is 57.0 Å². The normalized spacial score (nSPS) is 11.6. The second kappa shape index (κ2) is 6.64. The van der Waals surface area contributed by atoms with Crippen LogP contribution >= 0.6 is 0 Å². The van der Waals surface area contributed by atoms with Crippen LogP contribution in [0.4, 0.5) is 0 Å². The lowest BCUT2D eigenvalue weighted by Gasteiger charge is -2.22. The van der Waals surface area contributed by atoms with E-state index in [2.05, 4.69) is 11.1 Å². The molecule has 0 saturated carbocycles. The van der Waals surface area contributed by atoms with Gasteiger partial charge in [0.2, 0.25) is 5.91 Å². The number of pyridine rings is 1. The summed E-state index contributed by atoms with van der Waals surface area (Å²) in [6, 6.07) is 5.17. The number of hydrogen-bond acceptors (Lipinski definition) is 3. The molecule has 0 fully saturated rings. The molecule has 1 aromatic rings. The smallest absolute Gasteiger partial charge is 0.223 e. The zero-order chi connectivity index (χ0) is 12.7. The van der Waals surface area contributed by atoms with Crippen molar-refractivity contribution in [2.45, 2.75) is 32.2 Å². The Morgan fingerprint density at radius 2 is 2.41 bits per heavy atom. The van der Waals surface area contributed by atoms with E-state index in [4.69, 9.17) is 5.26 Å². The van der Waals surface area contributed by atoms with Gasteiger partial charge in [-0.3, -0.25) is 9.78 Å². The van der Waals surface area contributed by atoms with Crippen molar-refractivity contribution >= 4 is 5.91 Å². The maximum absolute atomic E-state index is 11.8. The van der Waals surface area contributed by atoms with Gasteiger partial charge >= 0.3 is 0 Å². The Morgan fingerprint density at radius 1 is 1.65 bits per heavy atom. The molecular weight excluding hydrogens is 214 g/mol. The van der Waals surface area contributed by atoms with Gasteiger partial charge < -0.3 is 4.90 Å². The quantitative estimate of drug-likeness (QED) is 0.781. The van der Waals surface area contributed by atoms with Crippen LogP contribution in [-0.2, 0) is 4.79 Å². The Labute approximate surface area is 102 Å². The van der Waals surface area contributed by atoms with Gasteiger partial charge in [0, 0.05) is 31.4 Å². The molecule has 1 rings (SSSR count). The van der Waals surface area contributed by atoms with E-state index in [-0.39, 0.29) is 5.91 Å². The average Bonchev–Trinajstić information content (AvgIpc) is 2.38. The number of carbonyl (C=O) groups excluding carboxylic acids is 1. The summed E-state index contributed by atoms with van der Waals surface area (Å²) in [5.74, 6) is 0.00209. The maximum Gasteiger partial charge on any atom is 0.223 e. The van der Waals surface area contributed by atoms with E-state index >= 15 is 0 Å². The number of carbonyl (C=O) groups is 1. The predicted molar refractivity (Wildman–Crippen MR) is 64.9 cm³/mol. The van der Waals surface area contributed by atoms with E-state index in [1.807, 2.05) is 13.0 Å². The van der Waals surface area contributed by atoms with Crippen molar-refractivity contribution in [3.8, 4) is 6.07 Å². The third-order valence-corrected chi connectivity index (χ3v) is 2.65. The van der Waals surface area contributed by atoms with Crippen molar-refractivity contribution in [3.05, 3.63) is 30.1 Å². The van der Waals surface area contributed by atoms with Crippen LogP contribution in [0.25, 0.3) is 0 Å². The molecular formula is C13H17N3O. The molecule has 1 atom stereocenters. The van der Waals surface area contributed by atoms with Gasteiger partial charge in [-0.15, -0.1) is 0 Å². The molecule has 0 aliphatic heterocycles. The Morgan fingerprint density at radius 3 is 2.94 bits per heavy atom. The molecule has 0 N–H and O–H groups in total. The van der Waals surface area contributed by atoms with E-state index in [0.717, 1.165) is 18.4 Å². The number of nitriles is 1. The molecule has 0 radical (unpaired) electrons. The van der Waals surface area contributed by atoms with Crippen LogP contribution in [-0.4, -0.2) is 22.8 Å². The van der Waals surface area contributed by atoms with Gasteiger partial charge in [0.05, 0.1) is 6.07 Å². The van der Waals surface area contributed by atoms with E-state index in [1.165, 1.54) is 4.90 Å². The number of amides is 1. The predicted octanol–water partition coefficient (Wildman–Crippen LogP) is 2.29. The maximum atomic E-state index is 11.8. The Bertz CT molecular complexity index is 397. The van der Waals surface area contributed by atoms with E-state index < -0.39 is 6.04 Å². The summed E-state index contributed by atoms with van der Waals surface area (Å²) >= 11 is 0. The molecule has 1 aromatic heterocycles. The summed E-state index contributed by atoms with van der Waals surface area (Å²) in [5.41, 5.74) is 0.752. The Hall–Kier alpha value is -1.89. The van der Waals surface area contributed by atoms with Gasteiger partial charge in [0.1, 0.15) is 6.04 Å². The van der Waals surface area contributed by atoms with Crippen LogP contribution in [0.15, 0.2) is 24.5 Å². The molecule has 0 aliphatic rings. The van der Waals surface area contributed by atoms with Crippen molar-refractivity contribution in [1.82, 2.24) is 9.88 Å². The first kappa shape index (κ1) is 13.2. The molecule has 0 saturated heterocycles. The molecule has 90 valence electrons. The minimum absolute atomic E-state index is 0.00209. The number of nitrogens with zero attached hydrogens (tertiary/aromatic N) is 3. The van der Waals surface area contributed by atoms with Crippen LogP contribution in [0.2, 0.25) is 0 Å². The lowest BCUT2D eigenvalue weighted by molar-refractivity contribution is -0.131. The molecule has 1 amide bonds. The lowest BCUT2D eigenvalue weighted by Crippen LogP contribution is -2.30. The first-order valence-corrected chi connectivity index (χ1v) is 5.76. The van der Waals surface area contributed by atoms with Crippen molar-refractivity contribution in [2.75, 3.05) is 7.05 Å². The highest BCUT2D eigenvalue weighted by molar-refractivity contribution is 5.76. The summed E-state index contributed by atoms with van der Waals surface area (Å²) < 4.78 is 0. The lowest BCUT2D eigenvalue weighted by atomic mass is 10.1. The summed E-state index contributed by atoms with van der Waals surface area (Å²) in [4.78, 5) is 17.3. The monoisotopic (exact) mass is 231 g/mol. The first-order valence-electron chi connectivity index (χ1n) is 5.76. The van der Waals surface area contributed by atoms with Crippen molar-refractivity contribution in [1.29, 1.82) is 5.26 Å². The van der Waals surface area contributed by atoms with Crippen molar-refractivity contribution < 1.29 is 4.79 Å². The Kier molecular flexibility index (Phi) is 5.15. The van der Waals surface area contributed by atoms with Crippen LogP contribution < -0.4 is 0 Å². The van der Waals surface area contributed by atoms with Crippen LogP contribution in [0.5, 0.6) is 0 Å². The minimum Gasteiger partial charge on any atom is -0.326 e. The molecule has 0 bridgehead atoms.